The van der Waals surface area contributed by atoms with Crippen molar-refractivity contribution < 1.29 is 0 Å². The fraction of sp³-hybridized carbons (Fsp3) is 0.286. The van der Waals surface area contributed by atoms with Gasteiger partial charge in [-0.25, -0.2) is 4.98 Å². The number of nitriles is 1. The lowest BCUT2D eigenvalue weighted by molar-refractivity contribution is 0.607. The second kappa shape index (κ2) is 4.79. The van der Waals surface area contributed by atoms with Crippen molar-refractivity contribution in [2.24, 2.45) is 0 Å². The van der Waals surface area contributed by atoms with E-state index in [1.165, 1.54) is 23.3 Å². The third-order valence-electron chi connectivity index (χ3n) is 3.24. The predicted octanol–water partition coefficient (Wildman–Crippen LogP) is 3.50. The average molecular weight is 255 g/mol. The molecule has 0 radical (unpaired) electrons. The van der Waals surface area contributed by atoms with Crippen LogP contribution in [0.3, 0.4) is 0 Å². The SMILES string of the molecule is N#Cc1cccc(NC2CCCc3sccc32)n1. The fourth-order valence-electron chi connectivity index (χ4n) is 2.39. The van der Waals surface area contributed by atoms with Crippen LogP contribution in [-0.2, 0) is 6.42 Å². The molecule has 1 aliphatic rings. The van der Waals surface area contributed by atoms with Gasteiger partial charge in [0.25, 0.3) is 0 Å². The smallest absolute Gasteiger partial charge is 0.142 e. The number of anilines is 1. The summed E-state index contributed by atoms with van der Waals surface area (Å²) in [6.45, 7) is 0. The van der Waals surface area contributed by atoms with E-state index in [0.29, 0.717) is 11.7 Å². The van der Waals surface area contributed by atoms with Gasteiger partial charge in [0.1, 0.15) is 17.6 Å². The van der Waals surface area contributed by atoms with Crippen LogP contribution in [0.25, 0.3) is 0 Å². The Morgan fingerprint density at radius 2 is 2.33 bits per heavy atom. The molecule has 0 amide bonds. The van der Waals surface area contributed by atoms with Crippen LogP contribution in [-0.4, -0.2) is 4.98 Å². The van der Waals surface area contributed by atoms with E-state index in [1.54, 1.807) is 6.07 Å². The van der Waals surface area contributed by atoms with Crippen LogP contribution < -0.4 is 5.32 Å². The molecule has 1 N–H and O–H groups in total. The number of nitrogens with one attached hydrogen (secondary N) is 1. The highest BCUT2D eigenvalue weighted by Gasteiger charge is 2.21. The van der Waals surface area contributed by atoms with Crippen molar-refractivity contribution >= 4 is 17.2 Å². The summed E-state index contributed by atoms with van der Waals surface area (Å²) in [6, 6.07) is 10.1. The molecule has 0 saturated carbocycles. The lowest BCUT2D eigenvalue weighted by Gasteiger charge is -2.24. The van der Waals surface area contributed by atoms with Crippen molar-refractivity contribution in [2.75, 3.05) is 5.32 Å². The fourth-order valence-corrected chi connectivity index (χ4v) is 3.38. The Balaban J connectivity index is 1.84. The summed E-state index contributed by atoms with van der Waals surface area (Å²) in [7, 11) is 0. The molecule has 1 atom stereocenters. The quantitative estimate of drug-likeness (QED) is 0.893. The van der Waals surface area contributed by atoms with Crippen LogP contribution in [0, 0.1) is 11.3 Å². The van der Waals surface area contributed by atoms with Gasteiger partial charge in [-0.3, -0.25) is 0 Å². The van der Waals surface area contributed by atoms with Gasteiger partial charge in [0.2, 0.25) is 0 Å². The zero-order chi connectivity index (χ0) is 12.4. The number of aryl methyl sites for hydroxylation is 1. The Hall–Kier alpha value is -1.86. The molecule has 0 bridgehead atoms. The highest BCUT2D eigenvalue weighted by molar-refractivity contribution is 7.10. The Labute approximate surface area is 110 Å². The number of thiophene rings is 1. The van der Waals surface area contributed by atoms with Gasteiger partial charge in [-0.2, -0.15) is 5.26 Å². The van der Waals surface area contributed by atoms with Gasteiger partial charge < -0.3 is 5.32 Å². The molecular weight excluding hydrogens is 242 g/mol. The molecule has 0 saturated heterocycles. The van der Waals surface area contributed by atoms with Gasteiger partial charge in [0.15, 0.2) is 0 Å². The van der Waals surface area contributed by atoms with E-state index in [0.717, 1.165) is 12.2 Å². The average Bonchev–Trinajstić information content (AvgIpc) is 2.88. The lowest BCUT2D eigenvalue weighted by atomic mass is 9.94. The Morgan fingerprint density at radius 3 is 3.22 bits per heavy atom. The van der Waals surface area contributed by atoms with Gasteiger partial charge in [0.05, 0.1) is 6.04 Å². The van der Waals surface area contributed by atoms with Crippen molar-refractivity contribution in [3.8, 4) is 6.07 Å². The van der Waals surface area contributed by atoms with Gasteiger partial charge in [0, 0.05) is 4.88 Å². The maximum atomic E-state index is 8.85. The zero-order valence-corrected chi connectivity index (χ0v) is 10.7. The Bertz CT molecular complexity index is 597. The number of aromatic nitrogens is 1. The molecule has 4 heteroatoms. The summed E-state index contributed by atoms with van der Waals surface area (Å²) in [5.74, 6) is 0.790. The summed E-state index contributed by atoms with van der Waals surface area (Å²) in [5, 5.41) is 14.5. The van der Waals surface area contributed by atoms with Gasteiger partial charge in [-0.05, 0) is 48.4 Å². The first kappa shape index (κ1) is 11.2. The van der Waals surface area contributed by atoms with E-state index in [9.17, 15) is 0 Å². The molecule has 2 aromatic heterocycles. The summed E-state index contributed by atoms with van der Waals surface area (Å²) in [4.78, 5) is 5.76. The summed E-state index contributed by atoms with van der Waals surface area (Å²) < 4.78 is 0. The molecule has 18 heavy (non-hydrogen) atoms. The molecule has 1 aliphatic carbocycles. The van der Waals surface area contributed by atoms with Gasteiger partial charge >= 0.3 is 0 Å². The van der Waals surface area contributed by atoms with Crippen molar-refractivity contribution in [3.05, 3.63) is 45.8 Å². The lowest BCUT2D eigenvalue weighted by Crippen LogP contribution is -2.16. The molecule has 0 aliphatic heterocycles. The summed E-state index contributed by atoms with van der Waals surface area (Å²) >= 11 is 1.83. The van der Waals surface area contributed by atoms with Gasteiger partial charge in [-0.1, -0.05) is 6.07 Å². The van der Waals surface area contributed by atoms with Crippen LogP contribution in [0.4, 0.5) is 5.82 Å². The van der Waals surface area contributed by atoms with E-state index in [1.807, 2.05) is 23.5 Å². The molecule has 3 rings (SSSR count). The number of fused-ring (bicyclic) bond motifs is 1. The number of nitrogens with zero attached hydrogens (tertiary/aromatic N) is 2. The van der Waals surface area contributed by atoms with Crippen LogP contribution in [0.2, 0.25) is 0 Å². The molecule has 0 fully saturated rings. The minimum Gasteiger partial charge on any atom is -0.363 e. The third kappa shape index (κ3) is 2.09. The molecule has 3 nitrogen and oxygen atoms in total. The van der Waals surface area contributed by atoms with E-state index in [4.69, 9.17) is 5.26 Å². The van der Waals surface area contributed by atoms with Crippen molar-refractivity contribution in [2.45, 2.75) is 25.3 Å². The van der Waals surface area contributed by atoms with E-state index >= 15 is 0 Å². The van der Waals surface area contributed by atoms with Crippen LogP contribution in [0.15, 0.2) is 29.6 Å². The van der Waals surface area contributed by atoms with Crippen molar-refractivity contribution in [1.29, 1.82) is 5.26 Å². The predicted molar refractivity (Wildman–Crippen MR) is 72.6 cm³/mol. The number of pyridine rings is 1. The van der Waals surface area contributed by atoms with Crippen LogP contribution in [0.5, 0.6) is 0 Å². The van der Waals surface area contributed by atoms with E-state index < -0.39 is 0 Å². The topological polar surface area (TPSA) is 48.7 Å². The molecule has 0 spiro atoms. The standard InChI is InChI=1S/C14H13N3S/c15-9-10-3-1-6-14(16-10)17-12-4-2-5-13-11(12)7-8-18-13/h1,3,6-8,12H,2,4-5H2,(H,16,17). The zero-order valence-electron chi connectivity index (χ0n) is 9.89. The molecule has 1 unspecified atom stereocenters. The Kier molecular flexibility index (Phi) is 2.99. The molecule has 2 aromatic rings. The second-order valence-corrected chi connectivity index (χ2v) is 5.41. The molecule has 0 aromatic carbocycles. The number of hydrogen-bond acceptors (Lipinski definition) is 4. The maximum Gasteiger partial charge on any atom is 0.142 e. The van der Waals surface area contributed by atoms with Crippen molar-refractivity contribution in [3.63, 3.8) is 0 Å². The maximum absolute atomic E-state index is 8.85. The largest absolute Gasteiger partial charge is 0.363 e. The van der Waals surface area contributed by atoms with E-state index in [2.05, 4.69) is 27.8 Å². The second-order valence-electron chi connectivity index (χ2n) is 4.41. The first-order valence-corrected chi connectivity index (χ1v) is 6.95. The first-order valence-electron chi connectivity index (χ1n) is 6.07. The molecule has 90 valence electrons. The Morgan fingerprint density at radius 1 is 1.39 bits per heavy atom. The highest BCUT2D eigenvalue weighted by atomic mass is 32.1. The van der Waals surface area contributed by atoms with Crippen molar-refractivity contribution in [1.82, 2.24) is 4.98 Å². The van der Waals surface area contributed by atoms with Crippen LogP contribution >= 0.6 is 11.3 Å². The first-order chi connectivity index (χ1) is 8.86. The highest BCUT2D eigenvalue weighted by Crippen LogP contribution is 2.35. The monoisotopic (exact) mass is 255 g/mol. The summed E-state index contributed by atoms with van der Waals surface area (Å²) in [5.41, 5.74) is 1.86. The minimum absolute atomic E-state index is 0.335. The minimum atomic E-state index is 0.335. The number of hydrogen-bond donors (Lipinski definition) is 1. The molecule has 2 heterocycles. The van der Waals surface area contributed by atoms with Gasteiger partial charge in [-0.15, -0.1) is 11.3 Å². The van der Waals surface area contributed by atoms with E-state index in [-0.39, 0.29) is 0 Å². The normalized spacial score (nSPS) is 17.8. The summed E-state index contributed by atoms with van der Waals surface area (Å²) in [6.07, 6.45) is 3.53. The third-order valence-corrected chi connectivity index (χ3v) is 4.23. The van der Waals surface area contributed by atoms with Crippen LogP contribution in [0.1, 0.15) is 35.0 Å². The molecular formula is C14H13N3S. The number of rotatable bonds is 2.